The highest BCUT2D eigenvalue weighted by Crippen LogP contribution is 2.20. The Morgan fingerprint density at radius 1 is 1.30 bits per heavy atom. The van der Waals surface area contributed by atoms with Crippen LogP contribution in [0.1, 0.15) is 42.9 Å². The molecule has 0 aromatic carbocycles. The van der Waals surface area contributed by atoms with E-state index >= 15 is 0 Å². The highest BCUT2D eigenvalue weighted by Gasteiger charge is 2.16. The molecule has 8 heteroatoms. The van der Waals surface area contributed by atoms with Crippen molar-refractivity contribution in [2.24, 2.45) is 0 Å². The molecule has 2 aromatic rings. The van der Waals surface area contributed by atoms with Crippen LogP contribution in [0.15, 0.2) is 12.3 Å². The van der Waals surface area contributed by atoms with Crippen LogP contribution in [0.4, 0.5) is 0 Å². The van der Waals surface area contributed by atoms with E-state index < -0.39 is 0 Å². The minimum Gasteiger partial charge on any atom is -0.351 e. The maximum atomic E-state index is 12.3. The summed E-state index contributed by atoms with van der Waals surface area (Å²) in [5.74, 6) is -0.0771. The SMILES string of the molecule is CCNCCNC(=O)c1cc(C)nc2c1cnn2C(C)C.Cl.Cl. The minimum atomic E-state index is -0.0771. The van der Waals surface area contributed by atoms with Crippen molar-refractivity contribution in [2.45, 2.75) is 33.7 Å². The third kappa shape index (κ3) is 5.06. The molecular weight excluding hydrogens is 337 g/mol. The molecule has 2 heterocycles. The summed E-state index contributed by atoms with van der Waals surface area (Å²) in [6, 6.07) is 2.03. The van der Waals surface area contributed by atoms with E-state index in [1.807, 2.05) is 38.4 Å². The van der Waals surface area contributed by atoms with Crippen LogP contribution in [0.25, 0.3) is 11.0 Å². The molecule has 0 fully saturated rings. The van der Waals surface area contributed by atoms with E-state index in [-0.39, 0.29) is 36.8 Å². The van der Waals surface area contributed by atoms with Gasteiger partial charge in [0.15, 0.2) is 5.65 Å². The van der Waals surface area contributed by atoms with Crippen molar-refractivity contribution in [3.8, 4) is 0 Å². The van der Waals surface area contributed by atoms with E-state index in [2.05, 4.69) is 20.7 Å². The molecule has 1 amide bonds. The lowest BCUT2D eigenvalue weighted by molar-refractivity contribution is 0.0955. The summed E-state index contributed by atoms with van der Waals surface area (Å²) < 4.78 is 1.84. The zero-order valence-electron chi connectivity index (χ0n) is 13.9. The molecule has 0 saturated heterocycles. The third-order valence-electron chi connectivity index (χ3n) is 3.27. The largest absolute Gasteiger partial charge is 0.351 e. The van der Waals surface area contributed by atoms with E-state index in [1.165, 1.54) is 0 Å². The Bertz CT molecular complexity index is 642. The van der Waals surface area contributed by atoms with Crippen molar-refractivity contribution in [1.29, 1.82) is 0 Å². The van der Waals surface area contributed by atoms with Crippen molar-refractivity contribution < 1.29 is 4.79 Å². The average Bonchev–Trinajstić information content (AvgIpc) is 2.86. The van der Waals surface area contributed by atoms with Gasteiger partial charge < -0.3 is 10.6 Å². The van der Waals surface area contributed by atoms with Crippen LogP contribution >= 0.6 is 24.8 Å². The van der Waals surface area contributed by atoms with Crippen molar-refractivity contribution in [1.82, 2.24) is 25.4 Å². The summed E-state index contributed by atoms with van der Waals surface area (Å²) in [4.78, 5) is 16.9. The van der Waals surface area contributed by atoms with Crippen LogP contribution in [-0.4, -0.2) is 40.3 Å². The number of rotatable bonds is 6. The van der Waals surface area contributed by atoms with Crippen molar-refractivity contribution in [2.75, 3.05) is 19.6 Å². The second-order valence-electron chi connectivity index (χ2n) is 5.34. The molecule has 0 atom stereocenters. The van der Waals surface area contributed by atoms with Gasteiger partial charge in [0.1, 0.15) is 0 Å². The minimum absolute atomic E-state index is 0. The predicted octanol–water partition coefficient (Wildman–Crippen LogP) is 2.50. The van der Waals surface area contributed by atoms with Gasteiger partial charge in [-0.15, -0.1) is 24.8 Å². The quantitative estimate of drug-likeness (QED) is 0.775. The monoisotopic (exact) mass is 361 g/mol. The van der Waals surface area contributed by atoms with Crippen LogP contribution in [-0.2, 0) is 0 Å². The summed E-state index contributed by atoms with van der Waals surface area (Å²) in [6.45, 7) is 10.3. The van der Waals surface area contributed by atoms with Crippen LogP contribution in [0.3, 0.4) is 0 Å². The molecule has 2 rings (SSSR count). The molecule has 0 spiro atoms. The number of aromatic nitrogens is 3. The van der Waals surface area contributed by atoms with Gasteiger partial charge in [-0.25, -0.2) is 9.67 Å². The standard InChI is InChI=1S/C15H23N5O.2ClH/c1-5-16-6-7-17-15(21)12-8-11(4)19-14-13(12)9-18-20(14)10(2)3;;/h8-10,16H,5-7H2,1-4H3,(H,17,21);2*1H. The molecule has 0 unspecified atom stereocenters. The third-order valence-corrected chi connectivity index (χ3v) is 3.27. The molecule has 2 aromatic heterocycles. The molecule has 0 radical (unpaired) electrons. The maximum absolute atomic E-state index is 12.3. The van der Waals surface area contributed by atoms with E-state index in [9.17, 15) is 4.79 Å². The number of pyridine rings is 1. The van der Waals surface area contributed by atoms with Gasteiger partial charge in [-0.05, 0) is 33.4 Å². The smallest absolute Gasteiger partial charge is 0.252 e. The van der Waals surface area contributed by atoms with Gasteiger partial charge in [0.25, 0.3) is 5.91 Å². The van der Waals surface area contributed by atoms with Gasteiger partial charge in [0.2, 0.25) is 0 Å². The number of carbonyl (C=O) groups excluding carboxylic acids is 1. The van der Waals surface area contributed by atoms with E-state index in [1.54, 1.807) is 6.20 Å². The van der Waals surface area contributed by atoms with Gasteiger partial charge in [-0.1, -0.05) is 6.92 Å². The van der Waals surface area contributed by atoms with E-state index in [0.29, 0.717) is 12.1 Å². The highest BCUT2D eigenvalue weighted by molar-refractivity contribution is 6.05. The number of halogens is 2. The zero-order chi connectivity index (χ0) is 15.4. The molecular formula is C15H25Cl2N5O. The van der Waals surface area contributed by atoms with Gasteiger partial charge in [-0.3, -0.25) is 4.79 Å². The first-order valence-corrected chi connectivity index (χ1v) is 7.38. The molecule has 0 saturated carbocycles. The van der Waals surface area contributed by atoms with Gasteiger partial charge in [-0.2, -0.15) is 5.10 Å². The molecule has 0 aliphatic rings. The van der Waals surface area contributed by atoms with E-state index in [4.69, 9.17) is 0 Å². The number of fused-ring (bicyclic) bond motifs is 1. The Morgan fingerprint density at radius 2 is 2.00 bits per heavy atom. The zero-order valence-corrected chi connectivity index (χ0v) is 15.6. The number of nitrogens with zero attached hydrogens (tertiary/aromatic N) is 3. The van der Waals surface area contributed by atoms with Crippen LogP contribution in [0, 0.1) is 6.92 Å². The summed E-state index contributed by atoms with van der Waals surface area (Å²) in [5, 5.41) is 11.3. The fourth-order valence-corrected chi connectivity index (χ4v) is 2.25. The Balaban J connectivity index is 0.00000242. The molecule has 23 heavy (non-hydrogen) atoms. The fourth-order valence-electron chi connectivity index (χ4n) is 2.25. The Kier molecular flexibility index (Phi) is 9.12. The number of hydrogen-bond acceptors (Lipinski definition) is 4. The fraction of sp³-hybridized carbons (Fsp3) is 0.533. The summed E-state index contributed by atoms with van der Waals surface area (Å²) in [7, 11) is 0. The summed E-state index contributed by atoms with van der Waals surface area (Å²) in [6.07, 6.45) is 1.72. The lowest BCUT2D eigenvalue weighted by atomic mass is 10.1. The first kappa shape index (κ1) is 21.6. The predicted molar refractivity (Wildman–Crippen MR) is 98.0 cm³/mol. The van der Waals surface area contributed by atoms with Gasteiger partial charge in [0.05, 0.1) is 17.1 Å². The molecule has 0 bridgehead atoms. The van der Waals surface area contributed by atoms with Gasteiger partial charge >= 0.3 is 0 Å². The Morgan fingerprint density at radius 3 is 2.61 bits per heavy atom. The van der Waals surface area contributed by atoms with Crippen LogP contribution in [0.2, 0.25) is 0 Å². The van der Waals surface area contributed by atoms with Crippen LogP contribution in [0.5, 0.6) is 0 Å². The summed E-state index contributed by atoms with van der Waals surface area (Å²) in [5.41, 5.74) is 2.23. The number of aryl methyl sites for hydroxylation is 1. The lowest BCUT2D eigenvalue weighted by Crippen LogP contribution is -2.31. The topological polar surface area (TPSA) is 71.8 Å². The number of amides is 1. The Hall–Kier alpha value is -1.37. The molecule has 130 valence electrons. The second kappa shape index (κ2) is 9.70. The summed E-state index contributed by atoms with van der Waals surface area (Å²) >= 11 is 0. The highest BCUT2D eigenvalue weighted by atomic mass is 35.5. The van der Waals surface area contributed by atoms with Crippen molar-refractivity contribution >= 4 is 41.8 Å². The van der Waals surface area contributed by atoms with Crippen molar-refractivity contribution in [3.05, 3.63) is 23.5 Å². The molecule has 0 aliphatic heterocycles. The van der Waals surface area contributed by atoms with Crippen LogP contribution < -0.4 is 10.6 Å². The second-order valence-corrected chi connectivity index (χ2v) is 5.34. The number of carbonyl (C=O) groups is 1. The number of hydrogen-bond donors (Lipinski definition) is 2. The van der Waals surface area contributed by atoms with E-state index in [0.717, 1.165) is 29.8 Å². The first-order chi connectivity index (χ1) is 10.0. The molecule has 2 N–H and O–H groups in total. The number of nitrogens with one attached hydrogen (secondary N) is 2. The number of likely N-dealkylation sites (N-methyl/N-ethyl adjacent to an activating group) is 1. The average molecular weight is 362 g/mol. The van der Waals surface area contributed by atoms with Gasteiger partial charge in [0, 0.05) is 24.8 Å². The van der Waals surface area contributed by atoms with Crippen molar-refractivity contribution in [3.63, 3.8) is 0 Å². The molecule has 0 aliphatic carbocycles. The first-order valence-electron chi connectivity index (χ1n) is 7.38. The lowest BCUT2D eigenvalue weighted by Gasteiger charge is -2.09. The normalized spacial score (nSPS) is 10.3. The molecule has 6 nitrogen and oxygen atoms in total. The maximum Gasteiger partial charge on any atom is 0.252 e. The Labute approximate surface area is 149 Å².